The maximum Gasteiger partial charge on any atom is 0.153 e. The summed E-state index contributed by atoms with van der Waals surface area (Å²) >= 11 is 5.42. The van der Waals surface area contributed by atoms with E-state index in [4.69, 9.17) is 11.6 Å². The molecule has 0 fully saturated rings. The number of halogens is 3. The average Bonchev–Trinajstić information content (AvgIpc) is 2.18. The van der Waals surface area contributed by atoms with Crippen molar-refractivity contribution in [2.45, 2.75) is 12.8 Å². The number of rotatable bonds is 4. The average molecular weight is 219 g/mol. The molecule has 76 valence electrons. The van der Waals surface area contributed by atoms with Gasteiger partial charge < -0.3 is 0 Å². The standard InChI is InChI=1S/C10H9ClF2O/c11-5-1-2-8-9(12)4-3-7(6-14)10(8)13/h3-4,6H,1-2,5H2. The topological polar surface area (TPSA) is 17.1 Å². The highest BCUT2D eigenvalue weighted by molar-refractivity contribution is 6.17. The van der Waals surface area contributed by atoms with Crippen LogP contribution in [0.1, 0.15) is 22.3 Å². The Hall–Kier alpha value is -0.960. The second kappa shape index (κ2) is 5.05. The molecule has 0 aromatic heterocycles. The Kier molecular flexibility index (Phi) is 4.01. The van der Waals surface area contributed by atoms with Crippen LogP contribution < -0.4 is 0 Å². The molecule has 0 radical (unpaired) electrons. The molecule has 0 amide bonds. The van der Waals surface area contributed by atoms with Crippen LogP contribution in [0.25, 0.3) is 0 Å². The zero-order valence-electron chi connectivity index (χ0n) is 7.40. The molecule has 1 rings (SSSR count). The van der Waals surface area contributed by atoms with E-state index >= 15 is 0 Å². The first-order valence-corrected chi connectivity index (χ1v) is 4.72. The van der Waals surface area contributed by atoms with E-state index in [1.807, 2.05) is 0 Å². The molecule has 0 unspecified atom stereocenters. The number of hydrogen-bond acceptors (Lipinski definition) is 1. The zero-order valence-corrected chi connectivity index (χ0v) is 8.15. The number of carbonyl (C=O) groups is 1. The minimum atomic E-state index is -0.773. The fourth-order valence-corrected chi connectivity index (χ4v) is 1.31. The van der Waals surface area contributed by atoms with Crippen LogP contribution in [0.5, 0.6) is 0 Å². The highest BCUT2D eigenvalue weighted by Gasteiger charge is 2.12. The van der Waals surface area contributed by atoms with Crippen molar-refractivity contribution in [1.29, 1.82) is 0 Å². The first-order valence-electron chi connectivity index (χ1n) is 4.18. The van der Waals surface area contributed by atoms with Gasteiger partial charge in [-0.25, -0.2) is 8.78 Å². The first kappa shape index (κ1) is 11.1. The van der Waals surface area contributed by atoms with Gasteiger partial charge in [0.25, 0.3) is 0 Å². The molecule has 0 heterocycles. The maximum absolute atomic E-state index is 13.3. The highest BCUT2D eigenvalue weighted by atomic mass is 35.5. The molecule has 0 atom stereocenters. The van der Waals surface area contributed by atoms with Crippen molar-refractivity contribution in [2.24, 2.45) is 0 Å². The Labute approximate surface area is 85.7 Å². The Bertz CT molecular complexity index is 339. The van der Waals surface area contributed by atoms with E-state index in [2.05, 4.69) is 0 Å². The van der Waals surface area contributed by atoms with Gasteiger partial charge in [-0.2, -0.15) is 0 Å². The third-order valence-electron chi connectivity index (χ3n) is 1.90. The number of alkyl halides is 1. The van der Waals surface area contributed by atoms with Crippen molar-refractivity contribution < 1.29 is 13.6 Å². The van der Waals surface area contributed by atoms with Crippen LogP contribution >= 0.6 is 11.6 Å². The van der Waals surface area contributed by atoms with Crippen molar-refractivity contribution in [3.63, 3.8) is 0 Å². The third-order valence-corrected chi connectivity index (χ3v) is 2.17. The van der Waals surface area contributed by atoms with E-state index in [0.717, 1.165) is 12.1 Å². The number of aldehydes is 1. The molecule has 0 bridgehead atoms. The van der Waals surface area contributed by atoms with Crippen molar-refractivity contribution in [3.05, 3.63) is 34.9 Å². The molecule has 0 saturated heterocycles. The van der Waals surface area contributed by atoms with Gasteiger partial charge in [0.15, 0.2) is 6.29 Å². The van der Waals surface area contributed by atoms with Gasteiger partial charge in [-0.05, 0) is 25.0 Å². The SMILES string of the molecule is O=Cc1ccc(F)c(CCCCl)c1F. The van der Waals surface area contributed by atoms with E-state index < -0.39 is 11.6 Å². The molecule has 0 aliphatic carbocycles. The Morgan fingerprint density at radius 2 is 2.07 bits per heavy atom. The van der Waals surface area contributed by atoms with E-state index in [1.165, 1.54) is 0 Å². The summed E-state index contributed by atoms with van der Waals surface area (Å²) in [6.45, 7) is 0. The predicted octanol–water partition coefficient (Wildman–Crippen LogP) is 2.95. The number of benzene rings is 1. The number of carbonyl (C=O) groups excluding carboxylic acids is 1. The van der Waals surface area contributed by atoms with Gasteiger partial charge in [0.2, 0.25) is 0 Å². The minimum Gasteiger partial charge on any atom is -0.298 e. The largest absolute Gasteiger partial charge is 0.298 e. The van der Waals surface area contributed by atoms with Crippen LogP contribution in [0.2, 0.25) is 0 Å². The molecular weight excluding hydrogens is 210 g/mol. The molecule has 1 aromatic rings. The van der Waals surface area contributed by atoms with Crippen LogP contribution in [-0.4, -0.2) is 12.2 Å². The lowest BCUT2D eigenvalue weighted by atomic mass is 10.1. The molecule has 4 heteroatoms. The summed E-state index contributed by atoms with van der Waals surface area (Å²) in [6, 6.07) is 2.22. The smallest absolute Gasteiger partial charge is 0.153 e. The van der Waals surface area contributed by atoms with Gasteiger partial charge in [0.05, 0.1) is 5.56 Å². The van der Waals surface area contributed by atoms with Gasteiger partial charge in [-0.1, -0.05) is 0 Å². The van der Waals surface area contributed by atoms with Crippen molar-refractivity contribution >= 4 is 17.9 Å². The van der Waals surface area contributed by atoms with Crippen LogP contribution in [0.4, 0.5) is 8.78 Å². The summed E-state index contributed by atoms with van der Waals surface area (Å²) in [6.07, 6.45) is 1.07. The van der Waals surface area contributed by atoms with Crippen molar-refractivity contribution in [1.82, 2.24) is 0 Å². The van der Waals surface area contributed by atoms with Crippen LogP contribution in [0, 0.1) is 11.6 Å². The summed E-state index contributed by atoms with van der Waals surface area (Å²) < 4.78 is 26.4. The lowest BCUT2D eigenvalue weighted by Gasteiger charge is -2.04. The van der Waals surface area contributed by atoms with E-state index in [-0.39, 0.29) is 17.5 Å². The van der Waals surface area contributed by atoms with E-state index in [1.54, 1.807) is 0 Å². The Morgan fingerprint density at radius 3 is 2.64 bits per heavy atom. The van der Waals surface area contributed by atoms with Gasteiger partial charge in [-0.15, -0.1) is 11.6 Å². The van der Waals surface area contributed by atoms with Crippen LogP contribution in [0.15, 0.2) is 12.1 Å². The van der Waals surface area contributed by atoms with Gasteiger partial charge >= 0.3 is 0 Å². The Morgan fingerprint density at radius 1 is 1.36 bits per heavy atom. The molecule has 0 N–H and O–H groups in total. The van der Waals surface area contributed by atoms with Gasteiger partial charge in [-0.3, -0.25) is 4.79 Å². The predicted molar refractivity (Wildman–Crippen MR) is 50.8 cm³/mol. The fourth-order valence-electron chi connectivity index (χ4n) is 1.18. The second-order valence-electron chi connectivity index (χ2n) is 2.84. The fraction of sp³-hybridized carbons (Fsp3) is 0.300. The minimum absolute atomic E-state index is 0.0600. The van der Waals surface area contributed by atoms with E-state index in [0.29, 0.717) is 18.6 Å². The normalized spacial score (nSPS) is 10.2. The van der Waals surface area contributed by atoms with E-state index in [9.17, 15) is 13.6 Å². The summed E-state index contributed by atoms with van der Waals surface area (Å²) in [5.41, 5.74) is -0.175. The maximum atomic E-state index is 13.3. The monoisotopic (exact) mass is 218 g/mol. The highest BCUT2D eigenvalue weighted by Crippen LogP contribution is 2.17. The van der Waals surface area contributed by atoms with Crippen LogP contribution in [-0.2, 0) is 6.42 Å². The second-order valence-corrected chi connectivity index (χ2v) is 3.22. The number of hydrogen-bond donors (Lipinski definition) is 0. The quantitative estimate of drug-likeness (QED) is 0.561. The molecule has 1 nitrogen and oxygen atoms in total. The lowest BCUT2D eigenvalue weighted by molar-refractivity contribution is 0.111. The van der Waals surface area contributed by atoms with Crippen LogP contribution in [0.3, 0.4) is 0 Å². The third kappa shape index (κ3) is 2.29. The van der Waals surface area contributed by atoms with Gasteiger partial charge in [0, 0.05) is 11.4 Å². The molecule has 0 spiro atoms. The molecular formula is C10H9ClF2O. The summed E-state index contributed by atoms with van der Waals surface area (Å²) in [5.74, 6) is -1.06. The first-order chi connectivity index (χ1) is 6.70. The summed E-state index contributed by atoms with van der Waals surface area (Å²) in [7, 11) is 0. The molecule has 0 aliphatic heterocycles. The summed E-state index contributed by atoms with van der Waals surface area (Å²) in [5, 5.41) is 0. The zero-order chi connectivity index (χ0) is 10.6. The van der Waals surface area contributed by atoms with Crippen molar-refractivity contribution in [2.75, 3.05) is 5.88 Å². The summed E-state index contributed by atoms with van der Waals surface area (Å²) in [4.78, 5) is 10.4. The molecule has 14 heavy (non-hydrogen) atoms. The molecule has 0 aliphatic rings. The lowest BCUT2D eigenvalue weighted by Crippen LogP contribution is -2.00. The molecule has 1 aromatic carbocycles. The van der Waals surface area contributed by atoms with Crippen molar-refractivity contribution in [3.8, 4) is 0 Å². The Balaban J connectivity index is 3.05. The molecule has 0 saturated carbocycles. The van der Waals surface area contributed by atoms with Gasteiger partial charge in [0.1, 0.15) is 11.6 Å².